The Morgan fingerprint density at radius 2 is 2.16 bits per heavy atom. The van der Waals surface area contributed by atoms with Gasteiger partial charge in [-0.1, -0.05) is 6.07 Å². The van der Waals surface area contributed by atoms with Gasteiger partial charge in [-0.3, -0.25) is 9.59 Å². The molecule has 19 heavy (non-hydrogen) atoms. The Morgan fingerprint density at radius 1 is 1.42 bits per heavy atom. The first-order valence-electron chi connectivity index (χ1n) is 5.88. The van der Waals surface area contributed by atoms with Crippen molar-refractivity contribution in [2.75, 3.05) is 6.54 Å². The van der Waals surface area contributed by atoms with E-state index < -0.39 is 5.97 Å². The highest BCUT2D eigenvalue weighted by Gasteiger charge is 2.08. The molecule has 0 aliphatic rings. The predicted octanol–water partition coefficient (Wildman–Crippen LogP) is 0.625. The number of hydrogen-bond donors (Lipinski definition) is 2. The molecule has 0 aliphatic carbocycles. The molecule has 0 atom stereocenters. The van der Waals surface area contributed by atoms with Gasteiger partial charge in [0, 0.05) is 7.05 Å². The van der Waals surface area contributed by atoms with Crippen LogP contribution in [0, 0.1) is 6.92 Å². The largest absolute Gasteiger partial charge is 0.480 e. The molecule has 100 valence electrons. The van der Waals surface area contributed by atoms with Crippen LogP contribution in [-0.2, 0) is 23.1 Å². The van der Waals surface area contributed by atoms with Crippen LogP contribution in [0.15, 0.2) is 18.2 Å². The number of rotatable bonds is 4. The van der Waals surface area contributed by atoms with Crippen LogP contribution in [0.4, 0.5) is 0 Å². The van der Waals surface area contributed by atoms with Gasteiger partial charge in [0.15, 0.2) is 0 Å². The molecule has 0 bridgehead atoms. The van der Waals surface area contributed by atoms with Crippen LogP contribution in [0.2, 0.25) is 0 Å². The van der Waals surface area contributed by atoms with Gasteiger partial charge in [0.2, 0.25) is 5.91 Å². The van der Waals surface area contributed by atoms with Gasteiger partial charge in [-0.2, -0.15) is 0 Å². The fourth-order valence-electron chi connectivity index (χ4n) is 1.90. The topological polar surface area (TPSA) is 84.2 Å². The minimum atomic E-state index is -1.05. The van der Waals surface area contributed by atoms with Crippen molar-refractivity contribution in [3.05, 3.63) is 29.6 Å². The molecule has 1 aromatic heterocycles. The summed E-state index contributed by atoms with van der Waals surface area (Å²) in [5.74, 6) is -0.457. The van der Waals surface area contributed by atoms with E-state index in [-0.39, 0.29) is 18.9 Å². The number of carbonyl (C=O) groups is 2. The molecule has 1 amide bonds. The van der Waals surface area contributed by atoms with Crippen molar-refractivity contribution < 1.29 is 14.7 Å². The Balaban J connectivity index is 2.13. The monoisotopic (exact) mass is 261 g/mol. The highest BCUT2D eigenvalue weighted by atomic mass is 16.4. The van der Waals surface area contributed by atoms with Crippen LogP contribution >= 0.6 is 0 Å². The summed E-state index contributed by atoms with van der Waals surface area (Å²) in [6.45, 7) is 1.56. The van der Waals surface area contributed by atoms with Crippen molar-refractivity contribution in [2.24, 2.45) is 7.05 Å². The Bertz CT molecular complexity index is 646. The molecule has 1 heterocycles. The van der Waals surface area contributed by atoms with Crippen LogP contribution in [-0.4, -0.2) is 33.1 Å². The third kappa shape index (κ3) is 2.90. The summed E-state index contributed by atoms with van der Waals surface area (Å²) in [5.41, 5.74) is 2.66. The lowest BCUT2D eigenvalue weighted by atomic mass is 10.1. The molecule has 2 aromatic rings. The van der Waals surface area contributed by atoms with E-state index in [1.165, 1.54) is 0 Å². The lowest BCUT2D eigenvalue weighted by Crippen LogP contribution is -2.30. The Kier molecular flexibility index (Phi) is 3.50. The number of imidazole rings is 1. The number of benzene rings is 1. The van der Waals surface area contributed by atoms with Crippen molar-refractivity contribution >= 4 is 22.9 Å². The number of aryl methyl sites for hydroxylation is 2. The SMILES string of the molecule is Cc1nc2cc(CC(=O)NCC(=O)O)ccc2n1C. The zero-order valence-corrected chi connectivity index (χ0v) is 10.8. The van der Waals surface area contributed by atoms with Crippen molar-refractivity contribution in [1.29, 1.82) is 0 Å². The number of amides is 1. The number of carbonyl (C=O) groups excluding carboxylic acids is 1. The maximum Gasteiger partial charge on any atom is 0.322 e. The summed E-state index contributed by atoms with van der Waals surface area (Å²) in [7, 11) is 1.93. The van der Waals surface area contributed by atoms with Gasteiger partial charge in [-0.05, 0) is 24.6 Å². The van der Waals surface area contributed by atoms with E-state index in [0.717, 1.165) is 22.4 Å². The molecule has 6 nitrogen and oxygen atoms in total. The highest BCUT2D eigenvalue weighted by molar-refractivity contribution is 5.84. The minimum Gasteiger partial charge on any atom is -0.480 e. The third-order valence-corrected chi connectivity index (χ3v) is 2.97. The molecule has 6 heteroatoms. The maximum absolute atomic E-state index is 11.5. The smallest absolute Gasteiger partial charge is 0.322 e. The van der Waals surface area contributed by atoms with Crippen LogP contribution < -0.4 is 5.32 Å². The van der Waals surface area contributed by atoms with Crippen molar-refractivity contribution in [3.63, 3.8) is 0 Å². The van der Waals surface area contributed by atoms with Crippen LogP contribution in [0.3, 0.4) is 0 Å². The number of aliphatic carboxylic acids is 1. The summed E-state index contributed by atoms with van der Waals surface area (Å²) >= 11 is 0. The Morgan fingerprint density at radius 3 is 2.84 bits per heavy atom. The number of nitrogens with one attached hydrogen (secondary N) is 1. The van der Waals surface area contributed by atoms with E-state index in [1.54, 1.807) is 0 Å². The molecule has 0 unspecified atom stereocenters. The summed E-state index contributed by atoms with van der Waals surface area (Å²) < 4.78 is 1.98. The van der Waals surface area contributed by atoms with Gasteiger partial charge in [0.25, 0.3) is 0 Å². The second-order valence-corrected chi connectivity index (χ2v) is 4.39. The first-order valence-corrected chi connectivity index (χ1v) is 5.88. The first kappa shape index (κ1) is 13.1. The number of nitrogens with zero attached hydrogens (tertiary/aromatic N) is 2. The normalized spacial score (nSPS) is 10.6. The number of aromatic nitrogens is 2. The fraction of sp³-hybridized carbons (Fsp3) is 0.308. The van der Waals surface area contributed by atoms with Crippen LogP contribution in [0.5, 0.6) is 0 Å². The molecular formula is C13H15N3O3. The van der Waals surface area contributed by atoms with Gasteiger partial charge in [-0.25, -0.2) is 4.98 Å². The van der Waals surface area contributed by atoms with Crippen molar-refractivity contribution in [3.8, 4) is 0 Å². The average molecular weight is 261 g/mol. The molecule has 2 N–H and O–H groups in total. The van der Waals surface area contributed by atoms with Gasteiger partial charge >= 0.3 is 5.97 Å². The van der Waals surface area contributed by atoms with E-state index in [1.807, 2.05) is 36.7 Å². The zero-order valence-electron chi connectivity index (χ0n) is 10.8. The number of carboxylic acid groups (broad SMARTS) is 1. The third-order valence-electron chi connectivity index (χ3n) is 2.97. The van der Waals surface area contributed by atoms with E-state index in [4.69, 9.17) is 5.11 Å². The van der Waals surface area contributed by atoms with E-state index in [9.17, 15) is 9.59 Å². The van der Waals surface area contributed by atoms with Crippen LogP contribution in [0.25, 0.3) is 11.0 Å². The summed E-state index contributed by atoms with van der Waals surface area (Å²) in [5, 5.41) is 10.8. The molecular weight excluding hydrogens is 246 g/mol. The van der Waals surface area contributed by atoms with E-state index in [0.29, 0.717) is 0 Å². The minimum absolute atomic E-state index is 0.152. The number of fused-ring (bicyclic) bond motifs is 1. The van der Waals surface area contributed by atoms with Crippen LogP contribution in [0.1, 0.15) is 11.4 Å². The van der Waals surface area contributed by atoms with Gasteiger partial charge < -0.3 is 15.0 Å². The lowest BCUT2D eigenvalue weighted by Gasteiger charge is -2.03. The van der Waals surface area contributed by atoms with E-state index in [2.05, 4.69) is 10.3 Å². The fourth-order valence-corrected chi connectivity index (χ4v) is 1.90. The summed E-state index contributed by atoms with van der Waals surface area (Å²) in [6, 6.07) is 5.61. The predicted molar refractivity (Wildman–Crippen MR) is 69.8 cm³/mol. The number of hydrogen-bond acceptors (Lipinski definition) is 3. The summed E-state index contributed by atoms with van der Waals surface area (Å²) in [4.78, 5) is 26.3. The van der Waals surface area contributed by atoms with Crippen molar-refractivity contribution in [2.45, 2.75) is 13.3 Å². The molecule has 0 saturated carbocycles. The van der Waals surface area contributed by atoms with Gasteiger partial charge in [-0.15, -0.1) is 0 Å². The standard InChI is InChI=1S/C13H15N3O3/c1-8-15-10-5-9(3-4-11(10)16(8)2)6-12(17)14-7-13(18)19/h3-5H,6-7H2,1-2H3,(H,14,17)(H,18,19). The Labute approximate surface area is 110 Å². The quantitative estimate of drug-likeness (QED) is 0.845. The second-order valence-electron chi connectivity index (χ2n) is 4.39. The molecule has 0 saturated heterocycles. The van der Waals surface area contributed by atoms with Crippen molar-refractivity contribution in [1.82, 2.24) is 14.9 Å². The zero-order chi connectivity index (χ0) is 14.0. The molecule has 2 rings (SSSR count). The molecule has 0 radical (unpaired) electrons. The molecule has 1 aromatic carbocycles. The average Bonchev–Trinajstić information content (AvgIpc) is 2.62. The molecule has 0 fully saturated rings. The first-order chi connectivity index (χ1) is 8.97. The second kappa shape index (κ2) is 5.09. The summed E-state index contributed by atoms with van der Waals surface area (Å²) in [6.07, 6.45) is 0.152. The lowest BCUT2D eigenvalue weighted by molar-refractivity contribution is -0.137. The van der Waals surface area contributed by atoms with Gasteiger partial charge in [0.05, 0.1) is 17.5 Å². The maximum atomic E-state index is 11.5. The highest BCUT2D eigenvalue weighted by Crippen LogP contribution is 2.16. The Hall–Kier alpha value is -2.37. The van der Waals surface area contributed by atoms with Gasteiger partial charge in [0.1, 0.15) is 12.4 Å². The van der Waals surface area contributed by atoms with E-state index >= 15 is 0 Å². The molecule has 0 aliphatic heterocycles. The molecule has 0 spiro atoms. The number of carboxylic acids is 1.